The van der Waals surface area contributed by atoms with Crippen LogP contribution in [0.2, 0.25) is 0 Å². The Bertz CT molecular complexity index is 828. The normalized spacial score (nSPS) is 21.9. The summed E-state index contributed by atoms with van der Waals surface area (Å²) in [6.07, 6.45) is -1.23. The van der Waals surface area contributed by atoms with Gasteiger partial charge >= 0.3 is 6.18 Å². The summed E-state index contributed by atoms with van der Waals surface area (Å²) in [7, 11) is 0. The molecule has 2 aromatic rings. The second-order valence-electron chi connectivity index (χ2n) is 7.85. The van der Waals surface area contributed by atoms with Crippen molar-refractivity contribution >= 4 is 5.69 Å². The number of tetrazole rings is 1. The highest BCUT2D eigenvalue weighted by Gasteiger charge is 2.32. The number of hydrogen-bond acceptors (Lipinski definition) is 6. The van der Waals surface area contributed by atoms with Gasteiger partial charge in [0.25, 0.3) is 0 Å². The molecular weight excluding hydrogens is 397 g/mol. The molecular formula is C20H27F3N6O. The molecule has 2 atom stereocenters. The molecule has 10 heteroatoms. The molecule has 2 saturated heterocycles. The molecule has 0 N–H and O–H groups in total. The zero-order chi connectivity index (χ0) is 21.1. The van der Waals surface area contributed by atoms with Gasteiger partial charge in [0.15, 0.2) is 5.82 Å². The first-order valence-electron chi connectivity index (χ1n) is 10.5. The monoisotopic (exact) mass is 424 g/mol. The fraction of sp³-hybridized carbons (Fsp3) is 0.650. The SMILES string of the molecule is CC[C@H](c1nnnn1C[C@H]1CCCO1)N1CCN(c2cccc(C(F)(F)F)c2)CC1. The van der Waals surface area contributed by atoms with Gasteiger partial charge in [0, 0.05) is 38.5 Å². The van der Waals surface area contributed by atoms with Gasteiger partial charge in [0.1, 0.15) is 0 Å². The van der Waals surface area contributed by atoms with Gasteiger partial charge < -0.3 is 9.64 Å². The lowest BCUT2D eigenvalue weighted by molar-refractivity contribution is -0.137. The van der Waals surface area contributed by atoms with E-state index < -0.39 is 11.7 Å². The lowest BCUT2D eigenvalue weighted by Gasteiger charge is -2.39. The third-order valence-electron chi connectivity index (χ3n) is 5.94. The Morgan fingerprint density at radius 2 is 2.00 bits per heavy atom. The van der Waals surface area contributed by atoms with E-state index in [1.54, 1.807) is 6.07 Å². The van der Waals surface area contributed by atoms with Gasteiger partial charge in [-0.3, -0.25) is 4.90 Å². The highest BCUT2D eigenvalue weighted by Crippen LogP contribution is 2.32. The van der Waals surface area contributed by atoms with E-state index in [-0.39, 0.29) is 12.1 Å². The molecule has 2 aliphatic rings. The summed E-state index contributed by atoms with van der Waals surface area (Å²) >= 11 is 0. The Balaban J connectivity index is 1.41. The average molecular weight is 424 g/mol. The van der Waals surface area contributed by atoms with Crippen LogP contribution >= 0.6 is 0 Å². The molecule has 2 aliphatic heterocycles. The highest BCUT2D eigenvalue weighted by atomic mass is 19.4. The smallest absolute Gasteiger partial charge is 0.376 e. The molecule has 4 rings (SSSR count). The molecule has 0 spiro atoms. The molecule has 7 nitrogen and oxygen atoms in total. The maximum Gasteiger partial charge on any atom is 0.416 e. The maximum absolute atomic E-state index is 13.0. The van der Waals surface area contributed by atoms with Crippen molar-refractivity contribution in [2.75, 3.05) is 37.7 Å². The Labute approximate surface area is 173 Å². The van der Waals surface area contributed by atoms with E-state index in [2.05, 4.69) is 27.3 Å². The molecule has 3 heterocycles. The minimum Gasteiger partial charge on any atom is -0.376 e. The Kier molecular flexibility index (Phi) is 6.24. The van der Waals surface area contributed by atoms with Gasteiger partial charge in [0.05, 0.1) is 24.3 Å². The van der Waals surface area contributed by atoms with Gasteiger partial charge in [0.2, 0.25) is 0 Å². The van der Waals surface area contributed by atoms with Crippen LogP contribution < -0.4 is 4.90 Å². The molecule has 0 aliphatic carbocycles. The molecule has 1 aromatic heterocycles. The minimum absolute atomic E-state index is 0.0741. The molecule has 0 amide bonds. The van der Waals surface area contributed by atoms with E-state index in [1.165, 1.54) is 12.1 Å². The van der Waals surface area contributed by atoms with Crippen molar-refractivity contribution in [1.82, 2.24) is 25.1 Å². The van der Waals surface area contributed by atoms with Crippen molar-refractivity contribution in [3.8, 4) is 0 Å². The summed E-state index contributed by atoms with van der Waals surface area (Å²) in [5.74, 6) is 0.834. The zero-order valence-corrected chi connectivity index (χ0v) is 17.1. The van der Waals surface area contributed by atoms with Gasteiger partial charge in [-0.05, 0) is 47.9 Å². The van der Waals surface area contributed by atoms with Crippen LogP contribution in [0.25, 0.3) is 0 Å². The number of aromatic nitrogens is 4. The first kappa shape index (κ1) is 21.0. The van der Waals surface area contributed by atoms with Crippen molar-refractivity contribution in [3.05, 3.63) is 35.7 Å². The first-order chi connectivity index (χ1) is 14.5. The summed E-state index contributed by atoms with van der Waals surface area (Å²) in [6.45, 7) is 6.34. The summed E-state index contributed by atoms with van der Waals surface area (Å²) in [6, 6.07) is 5.63. The van der Waals surface area contributed by atoms with Gasteiger partial charge in [-0.1, -0.05) is 13.0 Å². The van der Waals surface area contributed by atoms with Crippen LogP contribution in [0.5, 0.6) is 0 Å². The molecule has 0 radical (unpaired) electrons. The molecule has 0 unspecified atom stereocenters. The Hall–Kier alpha value is -2.20. The van der Waals surface area contributed by atoms with Crippen molar-refractivity contribution in [2.45, 2.75) is 51.1 Å². The van der Waals surface area contributed by atoms with Crippen LogP contribution in [-0.4, -0.2) is 64.0 Å². The number of anilines is 1. The van der Waals surface area contributed by atoms with E-state index in [4.69, 9.17) is 4.74 Å². The molecule has 0 bridgehead atoms. The number of rotatable bonds is 6. The number of nitrogens with zero attached hydrogens (tertiary/aromatic N) is 6. The summed E-state index contributed by atoms with van der Waals surface area (Å²) < 4.78 is 46.7. The second kappa shape index (κ2) is 8.89. The fourth-order valence-corrected chi connectivity index (χ4v) is 4.34. The van der Waals surface area contributed by atoms with E-state index in [0.29, 0.717) is 25.3 Å². The van der Waals surface area contributed by atoms with Crippen LogP contribution in [0, 0.1) is 0 Å². The van der Waals surface area contributed by atoms with Crippen molar-refractivity contribution in [3.63, 3.8) is 0 Å². The van der Waals surface area contributed by atoms with Crippen LogP contribution in [0.4, 0.5) is 18.9 Å². The van der Waals surface area contributed by atoms with E-state index in [9.17, 15) is 13.2 Å². The maximum atomic E-state index is 13.0. The van der Waals surface area contributed by atoms with Crippen LogP contribution in [-0.2, 0) is 17.5 Å². The summed E-state index contributed by atoms with van der Waals surface area (Å²) in [4.78, 5) is 4.33. The number of ether oxygens (including phenoxy) is 1. The standard InChI is InChI=1S/C20H27F3N6O/c1-2-18(19-24-25-26-29(19)14-17-7-4-12-30-17)28-10-8-27(9-11-28)16-6-3-5-15(13-16)20(21,22)23/h3,5-6,13,17-18H,2,4,7-12,14H2,1H3/t17-,18-/m1/s1. The predicted molar refractivity (Wildman–Crippen MR) is 105 cm³/mol. The highest BCUT2D eigenvalue weighted by molar-refractivity contribution is 5.49. The minimum atomic E-state index is -4.33. The largest absolute Gasteiger partial charge is 0.416 e. The average Bonchev–Trinajstić information content (AvgIpc) is 3.42. The number of hydrogen-bond donors (Lipinski definition) is 0. The number of alkyl halides is 3. The molecule has 2 fully saturated rings. The summed E-state index contributed by atoms with van der Waals surface area (Å²) in [5.41, 5.74) is 0.00270. The van der Waals surface area contributed by atoms with Crippen molar-refractivity contribution < 1.29 is 17.9 Å². The third-order valence-corrected chi connectivity index (χ3v) is 5.94. The quantitative estimate of drug-likeness (QED) is 0.710. The molecule has 0 saturated carbocycles. The molecule has 30 heavy (non-hydrogen) atoms. The van der Waals surface area contributed by atoms with Crippen molar-refractivity contribution in [1.29, 1.82) is 0 Å². The van der Waals surface area contributed by atoms with Gasteiger partial charge in [-0.15, -0.1) is 5.10 Å². The second-order valence-corrected chi connectivity index (χ2v) is 7.85. The number of benzene rings is 1. The fourth-order valence-electron chi connectivity index (χ4n) is 4.34. The van der Waals surface area contributed by atoms with E-state index >= 15 is 0 Å². The Morgan fingerprint density at radius 1 is 1.20 bits per heavy atom. The lowest BCUT2D eigenvalue weighted by atomic mass is 10.1. The number of halogens is 3. The molecule has 1 aromatic carbocycles. The van der Waals surface area contributed by atoms with Gasteiger partial charge in [-0.2, -0.15) is 13.2 Å². The first-order valence-corrected chi connectivity index (χ1v) is 10.5. The van der Waals surface area contributed by atoms with E-state index in [1.807, 2.05) is 9.58 Å². The summed E-state index contributed by atoms with van der Waals surface area (Å²) in [5, 5.41) is 12.3. The third kappa shape index (κ3) is 4.59. The Morgan fingerprint density at radius 3 is 2.67 bits per heavy atom. The number of piperazine rings is 1. The molecule has 164 valence electrons. The lowest BCUT2D eigenvalue weighted by Crippen LogP contribution is -2.48. The van der Waals surface area contributed by atoms with E-state index in [0.717, 1.165) is 50.8 Å². The van der Waals surface area contributed by atoms with Crippen LogP contribution in [0.15, 0.2) is 24.3 Å². The van der Waals surface area contributed by atoms with Crippen LogP contribution in [0.3, 0.4) is 0 Å². The van der Waals surface area contributed by atoms with Gasteiger partial charge in [-0.25, -0.2) is 4.68 Å². The zero-order valence-electron chi connectivity index (χ0n) is 17.1. The topological polar surface area (TPSA) is 59.3 Å². The van der Waals surface area contributed by atoms with Crippen LogP contribution in [0.1, 0.15) is 43.6 Å². The predicted octanol–water partition coefficient (Wildman–Crippen LogP) is 3.14. The van der Waals surface area contributed by atoms with Crippen molar-refractivity contribution in [2.24, 2.45) is 0 Å².